The topological polar surface area (TPSA) is 102 Å². The minimum absolute atomic E-state index is 0.00514. The van der Waals surface area contributed by atoms with Crippen LogP contribution in [0.25, 0.3) is 0 Å². The van der Waals surface area contributed by atoms with E-state index in [2.05, 4.69) is 17.5 Å². The van der Waals surface area contributed by atoms with Gasteiger partial charge in [-0.1, -0.05) is 43.7 Å². The first-order valence-electron chi connectivity index (χ1n) is 7.70. The minimum atomic E-state index is -0.664. The number of nitrogens with zero attached hydrogens (tertiary/aromatic N) is 1. The molecule has 0 saturated carbocycles. The number of rotatable bonds is 6. The van der Waals surface area contributed by atoms with Crippen molar-refractivity contribution in [3.63, 3.8) is 0 Å². The number of benzene rings is 2. The average molecular weight is 328 g/mol. The summed E-state index contributed by atoms with van der Waals surface area (Å²) in [5.74, 6) is -2.40. The highest BCUT2D eigenvalue weighted by molar-refractivity contribution is 6.02. The van der Waals surface area contributed by atoms with Gasteiger partial charge in [-0.05, 0) is 30.5 Å². The number of amides is 1. The summed E-state index contributed by atoms with van der Waals surface area (Å²) in [6.45, 7) is 2.07. The number of nitrogens with one attached hydrogen (secondary N) is 1. The molecule has 24 heavy (non-hydrogen) atoms. The molecule has 0 aromatic heterocycles. The van der Waals surface area contributed by atoms with Crippen LogP contribution in [0.1, 0.15) is 42.1 Å². The zero-order valence-corrected chi connectivity index (χ0v) is 13.4. The van der Waals surface area contributed by atoms with Gasteiger partial charge in [-0.25, -0.2) is 5.43 Å². The fourth-order valence-electron chi connectivity index (χ4n) is 2.16. The fraction of sp³-hybridized carbons (Fsp3) is 0.222. The normalized spacial score (nSPS) is 11.3. The van der Waals surface area contributed by atoms with Gasteiger partial charge in [-0.3, -0.25) is 4.79 Å². The number of phenolic OH excluding ortho intramolecular Hbond substituents is 3. The molecule has 0 aliphatic heterocycles. The zero-order valence-electron chi connectivity index (χ0n) is 13.4. The van der Waals surface area contributed by atoms with E-state index in [1.54, 1.807) is 0 Å². The predicted octanol–water partition coefficient (Wildman–Crippen LogP) is 3.13. The third-order valence-corrected chi connectivity index (χ3v) is 3.50. The van der Waals surface area contributed by atoms with Crippen LogP contribution in [0.5, 0.6) is 17.2 Å². The Labute approximate surface area is 140 Å². The van der Waals surface area contributed by atoms with Crippen LogP contribution < -0.4 is 5.43 Å². The first kappa shape index (κ1) is 17.3. The quantitative estimate of drug-likeness (QED) is 0.372. The van der Waals surface area contributed by atoms with Crippen LogP contribution in [0.3, 0.4) is 0 Å². The number of carbonyl (C=O) groups excluding carboxylic acids is 1. The van der Waals surface area contributed by atoms with E-state index >= 15 is 0 Å². The van der Waals surface area contributed by atoms with E-state index in [4.69, 9.17) is 0 Å². The van der Waals surface area contributed by atoms with Crippen molar-refractivity contribution in [3.05, 3.63) is 53.6 Å². The molecule has 4 N–H and O–H groups in total. The molecule has 2 aromatic carbocycles. The van der Waals surface area contributed by atoms with Gasteiger partial charge in [0, 0.05) is 5.56 Å². The monoisotopic (exact) mass is 328 g/mol. The molecule has 0 fully saturated rings. The fourth-order valence-corrected chi connectivity index (χ4v) is 2.16. The molecule has 1 amide bonds. The van der Waals surface area contributed by atoms with E-state index in [-0.39, 0.29) is 5.56 Å². The van der Waals surface area contributed by atoms with Gasteiger partial charge in [0.1, 0.15) is 0 Å². The molecule has 2 rings (SSSR count). The van der Waals surface area contributed by atoms with Crippen LogP contribution in [0.4, 0.5) is 0 Å². The van der Waals surface area contributed by atoms with E-state index < -0.39 is 23.2 Å². The highest BCUT2D eigenvalue weighted by Gasteiger charge is 2.13. The molecule has 0 atom stereocenters. The number of aromatic hydroxyl groups is 3. The first-order valence-corrected chi connectivity index (χ1v) is 7.70. The molecule has 126 valence electrons. The Bertz CT molecular complexity index is 719. The van der Waals surface area contributed by atoms with Crippen molar-refractivity contribution in [2.24, 2.45) is 5.10 Å². The van der Waals surface area contributed by atoms with Crippen LogP contribution in [0.15, 0.2) is 47.6 Å². The summed E-state index contributed by atoms with van der Waals surface area (Å²) in [7, 11) is 0. The second-order valence-corrected chi connectivity index (χ2v) is 5.33. The number of hydrogen-bond acceptors (Lipinski definition) is 5. The molecule has 6 nitrogen and oxygen atoms in total. The molecule has 0 saturated heterocycles. The Kier molecular flexibility index (Phi) is 5.78. The van der Waals surface area contributed by atoms with Gasteiger partial charge in [-0.15, -0.1) is 0 Å². The van der Waals surface area contributed by atoms with Gasteiger partial charge in [0.25, 0.3) is 5.91 Å². The van der Waals surface area contributed by atoms with Crippen molar-refractivity contribution in [1.29, 1.82) is 0 Å². The predicted molar refractivity (Wildman–Crippen MR) is 91.4 cm³/mol. The lowest BCUT2D eigenvalue weighted by molar-refractivity contribution is 0.0954. The summed E-state index contributed by atoms with van der Waals surface area (Å²) < 4.78 is 0. The maximum absolute atomic E-state index is 12.1. The van der Waals surface area contributed by atoms with Gasteiger partial charge in [0.15, 0.2) is 17.2 Å². The van der Waals surface area contributed by atoms with Gasteiger partial charge in [0.2, 0.25) is 0 Å². The Morgan fingerprint density at radius 1 is 1.04 bits per heavy atom. The summed E-state index contributed by atoms with van der Waals surface area (Å²) in [5, 5.41) is 32.4. The van der Waals surface area contributed by atoms with Gasteiger partial charge < -0.3 is 15.3 Å². The van der Waals surface area contributed by atoms with Gasteiger partial charge in [0.05, 0.1) is 5.71 Å². The Morgan fingerprint density at radius 2 is 1.67 bits per heavy atom. The maximum atomic E-state index is 12.1. The SMILES string of the molecule is CCCC/C(=N\NC(=O)c1cc(O)c(O)c(O)c1)c1ccccc1. The zero-order chi connectivity index (χ0) is 17.5. The molecular formula is C18H20N2O4. The second-order valence-electron chi connectivity index (χ2n) is 5.33. The van der Waals surface area contributed by atoms with Gasteiger partial charge >= 0.3 is 0 Å². The van der Waals surface area contributed by atoms with E-state index in [1.807, 2.05) is 30.3 Å². The van der Waals surface area contributed by atoms with Crippen molar-refractivity contribution in [3.8, 4) is 17.2 Å². The Hall–Kier alpha value is -3.02. The summed E-state index contributed by atoms with van der Waals surface area (Å²) in [6, 6.07) is 11.7. The van der Waals surface area contributed by atoms with Crippen LogP contribution in [-0.2, 0) is 0 Å². The van der Waals surface area contributed by atoms with Crippen LogP contribution >= 0.6 is 0 Å². The van der Waals surface area contributed by atoms with Crippen LogP contribution in [0, 0.1) is 0 Å². The lowest BCUT2D eigenvalue weighted by Gasteiger charge is -2.08. The molecule has 0 heterocycles. The molecule has 0 unspecified atom stereocenters. The largest absolute Gasteiger partial charge is 0.504 e. The summed E-state index contributed by atoms with van der Waals surface area (Å²) in [5.41, 5.74) is 4.09. The summed E-state index contributed by atoms with van der Waals surface area (Å²) >= 11 is 0. The minimum Gasteiger partial charge on any atom is -0.504 e. The molecule has 2 aromatic rings. The smallest absolute Gasteiger partial charge is 0.271 e. The highest BCUT2D eigenvalue weighted by atomic mass is 16.3. The number of carbonyl (C=O) groups is 1. The molecule has 0 aliphatic carbocycles. The lowest BCUT2D eigenvalue weighted by Crippen LogP contribution is -2.20. The standard InChI is InChI=1S/C18H20N2O4/c1-2-3-9-14(12-7-5-4-6-8-12)19-20-18(24)13-10-15(21)17(23)16(22)11-13/h4-8,10-11,21-23H,2-3,9H2,1H3,(H,20,24)/b19-14+. The maximum Gasteiger partial charge on any atom is 0.271 e. The number of phenols is 3. The van der Waals surface area contributed by atoms with Crippen LogP contribution in [-0.4, -0.2) is 26.9 Å². The molecule has 0 radical (unpaired) electrons. The third-order valence-electron chi connectivity index (χ3n) is 3.50. The van der Waals surface area contributed by atoms with E-state index in [0.29, 0.717) is 6.42 Å². The Balaban J connectivity index is 2.20. The van der Waals surface area contributed by atoms with E-state index in [0.717, 1.165) is 36.2 Å². The summed E-state index contributed by atoms with van der Waals surface area (Å²) in [4.78, 5) is 12.1. The second kappa shape index (κ2) is 8.01. The van der Waals surface area contributed by atoms with Crippen LogP contribution in [0.2, 0.25) is 0 Å². The molecule has 0 bridgehead atoms. The number of unbranched alkanes of at least 4 members (excludes halogenated alkanes) is 1. The number of hydrazone groups is 1. The van der Waals surface area contributed by atoms with E-state index in [1.165, 1.54) is 0 Å². The molecular weight excluding hydrogens is 308 g/mol. The first-order chi connectivity index (χ1) is 11.5. The summed E-state index contributed by atoms with van der Waals surface area (Å²) in [6.07, 6.45) is 2.65. The van der Waals surface area contributed by atoms with Crippen molar-refractivity contribution in [2.45, 2.75) is 26.2 Å². The van der Waals surface area contributed by atoms with Crippen molar-refractivity contribution in [2.75, 3.05) is 0 Å². The third kappa shape index (κ3) is 4.25. The van der Waals surface area contributed by atoms with Crippen molar-refractivity contribution < 1.29 is 20.1 Å². The van der Waals surface area contributed by atoms with E-state index in [9.17, 15) is 20.1 Å². The molecule has 0 aliphatic rings. The Morgan fingerprint density at radius 3 is 2.25 bits per heavy atom. The number of hydrogen-bond donors (Lipinski definition) is 4. The average Bonchev–Trinajstić information content (AvgIpc) is 2.59. The highest BCUT2D eigenvalue weighted by Crippen LogP contribution is 2.35. The van der Waals surface area contributed by atoms with Crippen molar-refractivity contribution in [1.82, 2.24) is 5.43 Å². The van der Waals surface area contributed by atoms with Gasteiger partial charge in [-0.2, -0.15) is 5.10 Å². The molecule has 0 spiro atoms. The van der Waals surface area contributed by atoms with Crippen molar-refractivity contribution >= 4 is 11.6 Å². The lowest BCUT2D eigenvalue weighted by atomic mass is 10.1. The molecule has 6 heteroatoms.